The fourth-order valence-corrected chi connectivity index (χ4v) is 2.25. The van der Waals surface area contributed by atoms with Crippen LogP contribution < -0.4 is 10.1 Å². The van der Waals surface area contributed by atoms with Crippen LogP contribution in [0.4, 0.5) is 0 Å². The van der Waals surface area contributed by atoms with Crippen LogP contribution in [0.5, 0.6) is 5.75 Å². The molecule has 0 spiro atoms. The molecule has 0 atom stereocenters. The number of methoxy groups -OCH3 is 1. The van der Waals surface area contributed by atoms with E-state index in [9.17, 15) is 9.90 Å². The molecule has 0 radical (unpaired) electrons. The summed E-state index contributed by atoms with van der Waals surface area (Å²) in [7, 11) is 1.58. The Kier molecular flexibility index (Phi) is 4.20. The van der Waals surface area contributed by atoms with Crippen molar-refractivity contribution in [2.75, 3.05) is 7.11 Å². The Bertz CT molecular complexity index is 411. The van der Waals surface area contributed by atoms with Gasteiger partial charge in [-0.2, -0.15) is 0 Å². The number of rotatable bonds is 3. The minimum absolute atomic E-state index is 0.0738. The molecule has 1 amide bonds. The molecular formula is C14H19NO3. The molecule has 4 nitrogen and oxygen atoms in total. The monoisotopic (exact) mass is 249 g/mol. The lowest BCUT2D eigenvalue weighted by atomic mass is 9.93. The van der Waals surface area contributed by atoms with Crippen LogP contribution in [0.25, 0.3) is 0 Å². The molecule has 0 heterocycles. The van der Waals surface area contributed by atoms with Gasteiger partial charge in [0.15, 0.2) is 0 Å². The zero-order valence-electron chi connectivity index (χ0n) is 10.6. The van der Waals surface area contributed by atoms with Crippen LogP contribution in [0.1, 0.15) is 36.0 Å². The van der Waals surface area contributed by atoms with Crippen molar-refractivity contribution in [2.45, 2.75) is 37.8 Å². The van der Waals surface area contributed by atoms with Crippen molar-refractivity contribution in [3.05, 3.63) is 29.8 Å². The van der Waals surface area contributed by atoms with Gasteiger partial charge >= 0.3 is 0 Å². The zero-order chi connectivity index (χ0) is 13.0. The standard InChI is InChI=1S/C14H19NO3/c1-18-13-4-2-3-10(9-13)14(17)15-11-5-7-12(16)8-6-11/h2-4,9,11-12,16H,5-8H2,1H3,(H,15,17). The molecule has 1 aromatic carbocycles. The molecule has 18 heavy (non-hydrogen) atoms. The minimum Gasteiger partial charge on any atom is -0.497 e. The molecule has 2 N–H and O–H groups in total. The van der Waals surface area contributed by atoms with Crippen molar-refractivity contribution in [3.8, 4) is 5.75 Å². The summed E-state index contributed by atoms with van der Waals surface area (Å²) in [6.45, 7) is 0. The Balaban J connectivity index is 1.94. The molecule has 0 aliphatic heterocycles. The van der Waals surface area contributed by atoms with Crippen LogP contribution in [0.2, 0.25) is 0 Å². The van der Waals surface area contributed by atoms with E-state index in [1.807, 2.05) is 6.07 Å². The van der Waals surface area contributed by atoms with Crippen LogP contribution in [-0.2, 0) is 0 Å². The van der Waals surface area contributed by atoms with E-state index < -0.39 is 0 Å². The van der Waals surface area contributed by atoms with Crippen LogP contribution in [0.15, 0.2) is 24.3 Å². The lowest BCUT2D eigenvalue weighted by Gasteiger charge is -2.26. The number of ether oxygens (including phenoxy) is 1. The topological polar surface area (TPSA) is 58.6 Å². The molecule has 0 aromatic heterocycles. The fourth-order valence-electron chi connectivity index (χ4n) is 2.25. The first-order valence-electron chi connectivity index (χ1n) is 6.32. The average molecular weight is 249 g/mol. The summed E-state index contributed by atoms with van der Waals surface area (Å²) in [5, 5.41) is 12.4. The van der Waals surface area contributed by atoms with Crippen molar-refractivity contribution in [2.24, 2.45) is 0 Å². The number of hydrogen-bond acceptors (Lipinski definition) is 3. The van der Waals surface area contributed by atoms with Gasteiger partial charge in [0.05, 0.1) is 13.2 Å². The van der Waals surface area contributed by atoms with Crippen LogP contribution in [-0.4, -0.2) is 30.3 Å². The van der Waals surface area contributed by atoms with Gasteiger partial charge in [-0.05, 0) is 43.9 Å². The fraction of sp³-hybridized carbons (Fsp3) is 0.500. The van der Waals surface area contributed by atoms with Crippen LogP contribution in [0.3, 0.4) is 0 Å². The van der Waals surface area contributed by atoms with E-state index in [0.717, 1.165) is 25.7 Å². The molecule has 1 aromatic rings. The number of hydrogen-bond donors (Lipinski definition) is 2. The van der Waals surface area contributed by atoms with Crippen molar-refractivity contribution in [1.82, 2.24) is 5.32 Å². The van der Waals surface area contributed by atoms with Crippen molar-refractivity contribution in [1.29, 1.82) is 0 Å². The van der Waals surface area contributed by atoms with E-state index in [4.69, 9.17) is 4.74 Å². The first kappa shape index (κ1) is 12.9. The van der Waals surface area contributed by atoms with E-state index in [1.54, 1.807) is 25.3 Å². The van der Waals surface area contributed by atoms with Crippen molar-refractivity contribution in [3.63, 3.8) is 0 Å². The normalized spacial score (nSPS) is 23.4. The number of nitrogens with one attached hydrogen (secondary N) is 1. The largest absolute Gasteiger partial charge is 0.497 e. The summed E-state index contributed by atoms with van der Waals surface area (Å²) >= 11 is 0. The van der Waals surface area contributed by atoms with Crippen LogP contribution in [0, 0.1) is 0 Å². The van der Waals surface area contributed by atoms with Crippen molar-refractivity contribution >= 4 is 5.91 Å². The maximum Gasteiger partial charge on any atom is 0.251 e. The highest BCUT2D eigenvalue weighted by molar-refractivity contribution is 5.94. The van der Waals surface area contributed by atoms with Crippen LogP contribution >= 0.6 is 0 Å². The summed E-state index contributed by atoms with van der Waals surface area (Å²) in [6, 6.07) is 7.29. The van der Waals surface area contributed by atoms with Gasteiger partial charge in [-0.25, -0.2) is 0 Å². The highest BCUT2D eigenvalue weighted by Crippen LogP contribution is 2.19. The third kappa shape index (κ3) is 3.23. The first-order valence-corrected chi connectivity index (χ1v) is 6.32. The van der Waals surface area contributed by atoms with Gasteiger partial charge in [0.2, 0.25) is 0 Å². The highest BCUT2D eigenvalue weighted by atomic mass is 16.5. The SMILES string of the molecule is COc1cccc(C(=O)NC2CCC(O)CC2)c1. The minimum atomic E-state index is -0.199. The number of carbonyl (C=O) groups is 1. The molecule has 1 aliphatic carbocycles. The number of carbonyl (C=O) groups excluding carboxylic acids is 1. The maximum atomic E-state index is 12.0. The summed E-state index contributed by atoms with van der Waals surface area (Å²) in [5.74, 6) is 0.608. The van der Waals surface area contributed by atoms with E-state index in [-0.39, 0.29) is 18.1 Å². The molecule has 98 valence electrons. The third-order valence-electron chi connectivity index (χ3n) is 3.36. The van der Waals surface area contributed by atoms with Gasteiger partial charge in [0, 0.05) is 11.6 Å². The Morgan fingerprint density at radius 2 is 2.06 bits per heavy atom. The van der Waals surface area contributed by atoms with E-state index in [0.29, 0.717) is 11.3 Å². The number of amides is 1. The average Bonchev–Trinajstić information content (AvgIpc) is 2.41. The zero-order valence-corrected chi connectivity index (χ0v) is 10.6. The predicted molar refractivity (Wildman–Crippen MR) is 68.7 cm³/mol. The number of aliphatic hydroxyl groups excluding tert-OH is 1. The lowest BCUT2D eigenvalue weighted by molar-refractivity contribution is 0.0867. The molecule has 1 aliphatic rings. The van der Waals surface area contributed by atoms with Gasteiger partial charge in [-0.3, -0.25) is 4.79 Å². The molecule has 0 unspecified atom stereocenters. The van der Waals surface area contributed by atoms with Gasteiger partial charge in [-0.1, -0.05) is 6.07 Å². The Labute approximate surface area is 107 Å². The molecule has 0 bridgehead atoms. The third-order valence-corrected chi connectivity index (χ3v) is 3.36. The lowest BCUT2D eigenvalue weighted by Crippen LogP contribution is -2.38. The quantitative estimate of drug-likeness (QED) is 0.857. The van der Waals surface area contributed by atoms with Gasteiger partial charge in [0.1, 0.15) is 5.75 Å². The van der Waals surface area contributed by atoms with E-state index in [2.05, 4.69) is 5.32 Å². The molecule has 2 rings (SSSR count). The second kappa shape index (κ2) is 5.87. The highest BCUT2D eigenvalue weighted by Gasteiger charge is 2.21. The maximum absolute atomic E-state index is 12.0. The Morgan fingerprint density at radius 3 is 2.72 bits per heavy atom. The van der Waals surface area contributed by atoms with Gasteiger partial charge < -0.3 is 15.2 Å². The predicted octanol–water partition coefficient (Wildman–Crippen LogP) is 1.73. The Morgan fingerprint density at radius 1 is 1.33 bits per heavy atom. The summed E-state index contributed by atoms with van der Waals surface area (Å²) in [5.41, 5.74) is 0.612. The first-order chi connectivity index (χ1) is 8.69. The van der Waals surface area contributed by atoms with Gasteiger partial charge in [-0.15, -0.1) is 0 Å². The molecule has 4 heteroatoms. The number of benzene rings is 1. The Hall–Kier alpha value is -1.55. The summed E-state index contributed by atoms with van der Waals surface area (Å²) in [6.07, 6.45) is 3.02. The molecule has 1 fully saturated rings. The molecule has 1 saturated carbocycles. The smallest absolute Gasteiger partial charge is 0.251 e. The second-order valence-electron chi connectivity index (χ2n) is 4.71. The van der Waals surface area contributed by atoms with Crippen molar-refractivity contribution < 1.29 is 14.6 Å². The summed E-state index contributed by atoms with van der Waals surface area (Å²) in [4.78, 5) is 12.0. The number of aliphatic hydroxyl groups is 1. The second-order valence-corrected chi connectivity index (χ2v) is 4.71. The van der Waals surface area contributed by atoms with E-state index >= 15 is 0 Å². The molecular weight excluding hydrogens is 230 g/mol. The summed E-state index contributed by atoms with van der Waals surface area (Å²) < 4.78 is 5.10. The molecule has 0 saturated heterocycles. The van der Waals surface area contributed by atoms with E-state index in [1.165, 1.54) is 0 Å². The van der Waals surface area contributed by atoms with Gasteiger partial charge in [0.25, 0.3) is 5.91 Å².